The molecule has 0 saturated carbocycles. The minimum atomic E-state index is -4.95. The molecular formula is C4H4F3NO2. The molecule has 3 nitrogen and oxygen atoms in total. The molecule has 0 aromatic carbocycles. The lowest BCUT2D eigenvalue weighted by atomic mass is 10.3. The predicted molar refractivity (Wildman–Crippen MR) is 24.9 cm³/mol. The summed E-state index contributed by atoms with van der Waals surface area (Å²) in [4.78, 5) is 19.6. The van der Waals surface area contributed by atoms with Gasteiger partial charge in [0.1, 0.15) is 0 Å². The zero-order chi connectivity index (χ0) is 8.36. The Bertz CT molecular complexity index is 162. The first-order chi connectivity index (χ1) is 4.34. The smallest absolute Gasteiger partial charge is 0.369 e. The fraction of sp³-hybridized carbons (Fsp3) is 0.500. The van der Waals surface area contributed by atoms with E-state index in [-0.39, 0.29) is 0 Å². The molecule has 0 aliphatic rings. The van der Waals surface area contributed by atoms with Crippen molar-refractivity contribution in [2.45, 2.75) is 12.6 Å². The van der Waals surface area contributed by atoms with Crippen molar-refractivity contribution in [1.29, 1.82) is 0 Å². The predicted octanol–water partition coefficient (Wildman–Crippen LogP) is -0.00680. The van der Waals surface area contributed by atoms with Gasteiger partial charge in [0, 0.05) is 0 Å². The van der Waals surface area contributed by atoms with Crippen LogP contribution in [-0.4, -0.2) is 17.9 Å². The molecule has 0 aromatic rings. The molecule has 0 saturated heterocycles. The highest BCUT2D eigenvalue weighted by molar-refractivity contribution is 5.99. The highest BCUT2D eigenvalue weighted by Crippen LogP contribution is 2.17. The second-order valence-corrected chi connectivity index (χ2v) is 1.56. The Morgan fingerprint density at radius 3 is 1.80 bits per heavy atom. The molecule has 0 bridgehead atoms. The Kier molecular flexibility index (Phi) is 2.39. The van der Waals surface area contributed by atoms with E-state index < -0.39 is 24.3 Å². The van der Waals surface area contributed by atoms with Crippen molar-refractivity contribution in [2.24, 2.45) is 5.73 Å². The summed E-state index contributed by atoms with van der Waals surface area (Å²) in [7, 11) is 0. The number of amides is 1. The monoisotopic (exact) mass is 155 g/mol. The maximum Gasteiger partial charge on any atom is 0.450 e. The van der Waals surface area contributed by atoms with E-state index in [1.54, 1.807) is 0 Å². The average Bonchev–Trinajstić information content (AvgIpc) is 1.60. The van der Waals surface area contributed by atoms with Crippen molar-refractivity contribution >= 4 is 11.7 Å². The fourth-order valence-corrected chi connectivity index (χ4v) is 0.258. The van der Waals surface area contributed by atoms with Crippen LogP contribution in [0.25, 0.3) is 0 Å². The maximum absolute atomic E-state index is 11.3. The molecule has 1 amide bonds. The fourth-order valence-electron chi connectivity index (χ4n) is 0.258. The van der Waals surface area contributed by atoms with Gasteiger partial charge in [-0.2, -0.15) is 13.2 Å². The maximum atomic E-state index is 11.3. The molecular weight excluding hydrogens is 151 g/mol. The van der Waals surface area contributed by atoms with Crippen LogP contribution in [0, 0.1) is 0 Å². The van der Waals surface area contributed by atoms with Gasteiger partial charge in [0.2, 0.25) is 11.7 Å². The Morgan fingerprint density at radius 1 is 1.30 bits per heavy atom. The number of alkyl halides is 3. The standard InChI is InChI=1S/C4H4F3NO2/c5-4(6,7)2(9)1-3(8)10/h1H2,(H2,8,10). The molecule has 10 heavy (non-hydrogen) atoms. The van der Waals surface area contributed by atoms with Crippen molar-refractivity contribution in [2.75, 3.05) is 0 Å². The van der Waals surface area contributed by atoms with Crippen LogP contribution < -0.4 is 5.73 Å². The summed E-state index contributed by atoms with van der Waals surface area (Å²) >= 11 is 0. The van der Waals surface area contributed by atoms with Gasteiger partial charge in [0.25, 0.3) is 0 Å². The van der Waals surface area contributed by atoms with E-state index in [1.807, 2.05) is 0 Å². The summed E-state index contributed by atoms with van der Waals surface area (Å²) in [5.74, 6) is -3.39. The number of hydrogen-bond donors (Lipinski definition) is 1. The molecule has 0 unspecified atom stereocenters. The van der Waals surface area contributed by atoms with Crippen molar-refractivity contribution < 1.29 is 22.8 Å². The van der Waals surface area contributed by atoms with E-state index >= 15 is 0 Å². The van der Waals surface area contributed by atoms with Gasteiger partial charge in [-0.05, 0) is 0 Å². The number of ketones is 1. The van der Waals surface area contributed by atoms with Crippen LogP contribution in [-0.2, 0) is 9.59 Å². The zero-order valence-corrected chi connectivity index (χ0v) is 4.73. The lowest BCUT2D eigenvalue weighted by Gasteiger charge is -2.00. The Hall–Kier alpha value is -1.07. The molecule has 0 radical (unpaired) electrons. The third-order valence-electron chi connectivity index (χ3n) is 0.651. The topological polar surface area (TPSA) is 60.2 Å². The van der Waals surface area contributed by atoms with E-state index in [1.165, 1.54) is 0 Å². The number of rotatable bonds is 2. The first-order valence-corrected chi connectivity index (χ1v) is 2.22. The largest absolute Gasteiger partial charge is 0.450 e. The van der Waals surface area contributed by atoms with Crippen LogP contribution >= 0.6 is 0 Å². The van der Waals surface area contributed by atoms with E-state index in [4.69, 9.17) is 0 Å². The number of nitrogens with two attached hydrogens (primary N) is 1. The molecule has 6 heteroatoms. The normalized spacial score (nSPS) is 11.1. The third kappa shape index (κ3) is 3.06. The van der Waals surface area contributed by atoms with Gasteiger partial charge in [-0.1, -0.05) is 0 Å². The Morgan fingerprint density at radius 2 is 1.70 bits per heavy atom. The summed E-state index contributed by atoms with van der Waals surface area (Å²) in [5.41, 5.74) is 4.33. The lowest BCUT2D eigenvalue weighted by Crippen LogP contribution is -2.28. The molecule has 0 aliphatic heterocycles. The highest BCUT2D eigenvalue weighted by atomic mass is 19.4. The second-order valence-electron chi connectivity index (χ2n) is 1.56. The average molecular weight is 155 g/mol. The molecule has 58 valence electrons. The van der Waals surface area contributed by atoms with Crippen LogP contribution in [0.15, 0.2) is 0 Å². The van der Waals surface area contributed by atoms with Crippen LogP contribution in [0.2, 0.25) is 0 Å². The number of carbonyl (C=O) groups excluding carboxylic acids is 2. The van der Waals surface area contributed by atoms with Gasteiger partial charge < -0.3 is 5.73 Å². The van der Waals surface area contributed by atoms with E-state index in [2.05, 4.69) is 5.73 Å². The van der Waals surface area contributed by atoms with Gasteiger partial charge in [-0.3, -0.25) is 9.59 Å². The summed E-state index contributed by atoms with van der Waals surface area (Å²) in [5, 5.41) is 0. The third-order valence-corrected chi connectivity index (χ3v) is 0.651. The SMILES string of the molecule is NC(=O)CC(=O)C(F)(F)F. The first-order valence-electron chi connectivity index (χ1n) is 2.22. The van der Waals surface area contributed by atoms with Gasteiger partial charge in [0.15, 0.2) is 0 Å². The molecule has 0 heterocycles. The van der Waals surface area contributed by atoms with Gasteiger partial charge in [-0.15, -0.1) is 0 Å². The van der Waals surface area contributed by atoms with Gasteiger partial charge in [0.05, 0.1) is 6.42 Å². The minimum absolute atomic E-state index is 1.27. The van der Waals surface area contributed by atoms with E-state index in [9.17, 15) is 22.8 Å². The van der Waals surface area contributed by atoms with Crippen LogP contribution in [0.3, 0.4) is 0 Å². The van der Waals surface area contributed by atoms with Crippen LogP contribution in [0.1, 0.15) is 6.42 Å². The number of halogens is 3. The summed E-state index contributed by atoms with van der Waals surface area (Å²) in [6.45, 7) is 0. The molecule has 0 atom stereocenters. The summed E-state index contributed by atoms with van der Waals surface area (Å²) in [6, 6.07) is 0. The van der Waals surface area contributed by atoms with Crippen LogP contribution in [0.4, 0.5) is 13.2 Å². The summed E-state index contributed by atoms with van der Waals surface area (Å²) < 4.78 is 33.8. The molecule has 0 aromatic heterocycles. The molecule has 0 rings (SSSR count). The van der Waals surface area contributed by atoms with Crippen molar-refractivity contribution in [3.63, 3.8) is 0 Å². The number of primary amides is 1. The lowest BCUT2D eigenvalue weighted by molar-refractivity contribution is -0.171. The van der Waals surface area contributed by atoms with Gasteiger partial charge in [-0.25, -0.2) is 0 Å². The van der Waals surface area contributed by atoms with Crippen molar-refractivity contribution in [1.82, 2.24) is 0 Å². The molecule has 0 aliphatic carbocycles. The van der Waals surface area contributed by atoms with Crippen LogP contribution in [0.5, 0.6) is 0 Å². The molecule has 2 N–H and O–H groups in total. The Balaban J connectivity index is 3.99. The highest BCUT2D eigenvalue weighted by Gasteiger charge is 2.38. The number of hydrogen-bond acceptors (Lipinski definition) is 2. The van der Waals surface area contributed by atoms with Gasteiger partial charge >= 0.3 is 6.18 Å². The van der Waals surface area contributed by atoms with E-state index in [0.29, 0.717) is 0 Å². The first kappa shape index (κ1) is 8.93. The Labute approximate surface area is 54.0 Å². The molecule has 0 fully saturated rings. The molecule has 0 spiro atoms. The van der Waals surface area contributed by atoms with Crippen molar-refractivity contribution in [3.05, 3.63) is 0 Å². The minimum Gasteiger partial charge on any atom is -0.369 e. The van der Waals surface area contributed by atoms with Crippen molar-refractivity contribution in [3.8, 4) is 0 Å². The summed E-state index contributed by atoms with van der Waals surface area (Å²) in [6.07, 6.45) is -6.22. The second kappa shape index (κ2) is 2.68. The number of Topliss-reactive ketones (excluding diaryl/α,β-unsaturated/α-hetero) is 1. The van der Waals surface area contributed by atoms with E-state index in [0.717, 1.165) is 0 Å². The quantitative estimate of drug-likeness (QED) is 0.570. The number of carbonyl (C=O) groups is 2. The zero-order valence-electron chi connectivity index (χ0n) is 4.73.